The summed E-state index contributed by atoms with van der Waals surface area (Å²) in [5, 5.41) is 4.63. The summed E-state index contributed by atoms with van der Waals surface area (Å²) in [4.78, 5) is 26.8. The van der Waals surface area contributed by atoms with Gasteiger partial charge in [-0.15, -0.1) is 11.3 Å². The molecule has 2 N–H and O–H groups in total. The third-order valence-corrected chi connectivity index (χ3v) is 3.83. The summed E-state index contributed by atoms with van der Waals surface area (Å²) in [5.41, 5.74) is 0.619. The molecule has 0 fully saturated rings. The average molecular weight is 297 g/mol. The molecule has 1 amide bonds. The standard InChI is InChI=1S/C12H15N3O2S2/c1-7(2)13-9(16)3-5-15-11(17)10-8(4-6-19-10)14-12(15)18/h4,6-7H,3,5H2,1-2H3,(H,13,16)(H,14,18). The van der Waals surface area contributed by atoms with E-state index in [9.17, 15) is 9.59 Å². The Balaban J connectivity index is 2.23. The molecule has 2 aromatic rings. The molecule has 0 atom stereocenters. The summed E-state index contributed by atoms with van der Waals surface area (Å²) in [5.74, 6) is -0.0809. The van der Waals surface area contributed by atoms with Crippen LogP contribution in [0.1, 0.15) is 20.3 Å². The van der Waals surface area contributed by atoms with Crippen molar-refractivity contribution in [2.24, 2.45) is 0 Å². The quantitative estimate of drug-likeness (QED) is 0.849. The van der Waals surface area contributed by atoms with Crippen molar-refractivity contribution in [2.45, 2.75) is 32.9 Å². The maximum Gasteiger partial charge on any atom is 0.272 e. The Labute approximate surface area is 119 Å². The zero-order valence-corrected chi connectivity index (χ0v) is 12.4. The molecule has 2 rings (SSSR count). The summed E-state index contributed by atoms with van der Waals surface area (Å²) in [6.07, 6.45) is 0.243. The lowest BCUT2D eigenvalue weighted by Crippen LogP contribution is -2.32. The number of carbonyl (C=O) groups is 1. The maximum absolute atomic E-state index is 12.2. The van der Waals surface area contributed by atoms with Crippen LogP contribution in [-0.4, -0.2) is 21.5 Å². The van der Waals surface area contributed by atoms with Crippen molar-refractivity contribution >= 4 is 39.7 Å². The van der Waals surface area contributed by atoms with E-state index in [0.29, 0.717) is 16.0 Å². The van der Waals surface area contributed by atoms with E-state index in [1.807, 2.05) is 25.3 Å². The molecule has 0 spiro atoms. The van der Waals surface area contributed by atoms with Gasteiger partial charge in [-0.05, 0) is 37.5 Å². The summed E-state index contributed by atoms with van der Waals surface area (Å²) in [6.45, 7) is 4.09. The largest absolute Gasteiger partial charge is 0.354 e. The minimum Gasteiger partial charge on any atom is -0.354 e. The monoisotopic (exact) mass is 297 g/mol. The number of hydrogen-bond acceptors (Lipinski definition) is 4. The molecule has 19 heavy (non-hydrogen) atoms. The number of nitrogens with one attached hydrogen (secondary N) is 2. The molecule has 102 valence electrons. The highest BCUT2D eigenvalue weighted by molar-refractivity contribution is 7.71. The van der Waals surface area contributed by atoms with Crippen molar-refractivity contribution < 1.29 is 4.79 Å². The number of hydrogen-bond donors (Lipinski definition) is 2. The minimum absolute atomic E-state index is 0.0809. The third kappa shape index (κ3) is 3.10. The van der Waals surface area contributed by atoms with Crippen LogP contribution in [0.15, 0.2) is 16.2 Å². The topological polar surface area (TPSA) is 66.9 Å². The number of nitrogens with zero attached hydrogens (tertiary/aromatic N) is 1. The molecular formula is C12H15N3O2S2. The number of rotatable bonds is 4. The van der Waals surface area contributed by atoms with Gasteiger partial charge in [0.2, 0.25) is 5.91 Å². The number of fused-ring (bicyclic) bond motifs is 1. The molecule has 5 nitrogen and oxygen atoms in total. The van der Waals surface area contributed by atoms with E-state index < -0.39 is 0 Å². The SMILES string of the molecule is CC(C)NC(=O)CCn1c(=S)[nH]c2ccsc2c1=O. The molecular weight excluding hydrogens is 282 g/mol. The van der Waals surface area contributed by atoms with Crippen molar-refractivity contribution in [3.8, 4) is 0 Å². The lowest BCUT2D eigenvalue weighted by molar-refractivity contribution is -0.121. The second-order valence-electron chi connectivity index (χ2n) is 4.52. The van der Waals surface area contributed by atoms with Gasteiger partial charge in [0.1, 0.15) is 4.70 Å². The minimum atomic E-state index is -0.133. The van der Waals surface area contributed by atoms with Crippen LogP contribution in [0.2, 0.25) is 0 Å². The van der Waals surface area contributed by atoms with Gasteiger partial charge in [0, 0.05) is 19.0 Å². The van der Waals surface area contributed by atoms with E-state index >= 15 is 0 Å². The second-order valence-corrected chi connectivity index (χ2v) is 5.83. The number of carbonyl (C=O) groups excluding carboxylic acids is 1. The molecule has 2 heterocycles. The molecule has 0 aliphatic carbocycles. The first-order valence-electron chi connectivity index (χ1n) is 5.98. The van der Waals surface area contributed by atoms with E-state index in [2.05, 4.69) is 10.3 Å². The third-order valence-electron chi connectivity index (χ3n) is 2.60. The number of thiophene rings is 1. The highest BCUT2D eigenvalue weighted by atomic mass is 32.1. The number of aromatic amines is 1. The first-order valence-corrected chi connectivity index (χ1v) is 7.27. The Morgan fingerprint density at radius 3 is 3.00 bits per heavy atom. The molecule has 0 saturated heterocycles. The molecule has 2 aromatic heterocycles. The first-order chi connectivity index (χ1) is 8.99. The van der Waals surface area contributed by atoms with Crippen molar-refractivity contribution in [3.05, 3.63) is 26.6 Å². The zero-order chi connectivity index (χ0) is 14.0. The average Bonchev–Trinajstić information content (AvgIpc) is 2.75. The van der Waals surface area contributed by atoms with Crippen molar-refractivity contribution in [3.63, 3.8) is 0 Å². The number of aromatic nitrogens is 2. The van der Waals surface area contributed by atoms with Gasteiger partial charge in [-0.2, -0.15) is 0 Å². The van der Waals surface area contributed by atoms with Gasteiger partial charge in [0.05, 0.1) is 5.52 Å². The first kappa shape index (κ1) is 14.0. The summed E-state index contributed by atoms with van der Waals surface area (Å²) < 4.78 is 2.43. The Hall–Kier alpha value is -1.47. The highest BCUT2D eigenvalue weighted by Gasteiger charge is 2.09. The summed E-state index contributed by atoms with van der Waals surface area (Å²) in [7, 11) is 0. The summed E-state index contributed by atoms with van der Waals surface area (Å²) in [6, 6.07) is 1.92. The Bertz CT molecular complexity index is 712. The van der Waals surface area contributed by atoms with Gasteiger partial charge in [0.15, 0.2) is 4.77 Å². The Morgan fingerprint density at radius 1 is 1.58 bits per heavy atom. The molecule has 0 unspecified atom stereocenters. The van der Waals surface area contributed by atoms with Crippen molar-refractivity contribution in [1.82, 2.24) is 14.9 Å². The van der Waals surface area contributed by atoms with Crippen LogP contribution in [0.5, 0.6) is 0 Å². The molecule has 0 saturated carbocycles. The summed E-state index contributed by atoms with van der Waals surface area (Å²) >= 11 is 6.52. The number of H-pyrrole nitrogens is 1. The molecule has 0 aliphatic heterocycles. The second kappa shape index (κ2) is 5.66. The lowest BCUT2D eigenvalue weighted by atomic mass is 10.3. The fraction of sp³-hybridized carbons (Fsp3) is 0.417. The van der Waals surface area contributed by atoms with Gasteiger partial charge in [0.25, 0.3) is 5.56 Å². The van der Waals surface area contributed by atoms with Crippen LogP contribution in [-0.2, 0) is 11.3 Å². The van der Waals surface area contributed by atoms with Crippen LogP contribution in [0, 0.1) is 4.77 Å². The van der Waals surface area contributed by atoms with Crippen molar-refractivity contribution in [1.29, 1.82) is 0 Å². The maximum atomic E-state index is 12.2. The van der Waals surface area contributed by atoms with Gasteiger partial charge in [-0.3, -0.25) is 14.2 Å². The van der Waals surface area contributed by atoms with E-state index in [-0.39, 0.29) is 23.9 Å². The van der Waals surface area contributed by atoms with Gasteiger partial charge in [-0.1, -0.05) is 0 Å². The predicted molar refractivity (Wildman–Crippen MR) is 79.2 cm³/mol. The highest BCUT2D eigenvalue weighted by Crippen LogP contribution is 2.13. The molecule has 0 aliphatic rings. The van der Waals surface area contributed by atoms with Crippen LogP contribution >= 0.6 is 23.6 Å². The van der Waals surface area contributed by atoms with Crippen molar-refractivity contribution in [2.75, 3.05) is 0 Å². The Kier molecular flexibility index (Phi) is 4.16. The smallest absolute Gasteiger partial charge is 0.272 e. The van der Waals surface area contributed by atoms with Gasteiger partial charge >= 0.3 is 0 Å². The normalized spacial score (nSPS) is 11.1. The van der Waals surface area contributed by atoms with Gasteiger partial charge < -0.3 is 10.3 Å². The fourth-order valence-corrected chi connectivity index (χ4v) is 2.86. The Morgan fingerprint density at radius 2 is 2.32 bits per heavy atom. The van der Waals surface area contributed by atoms with Crippen LogP contribution in [0.4, 0.5) is 0 Å². The van der Waals surface area contributed by atoms with Crippen LogP contribution in [0.3, 0.4) is 0 Å². The van der Waals surface area contributed by atoms with Gasteiger partial charge in [-0.25, -0.2) is 0 Å². The molecule has 0 aromatic carbocycles. The molecule has 0 bridgehead atoms. The van der Waals surface area contributed by atoms with E-state index in [1.165, 1.54) is 15.9 Å². The van der Waals surface area contributed by atoms with E-state index in [4.69, 9.17) is 12.2 Å². The predicted octanol–water partition coefficient (Wildman–Crippen LogP) is 2.04. The molecule has 7 heteroatoms. The van der Waals surface area contributed by atoms with Crippen LogP contribution < -0.4 is 10.9 Å². The lowest BCUT2D eigenvalue weighted by Gasteiger charge is -2.09. The zero-order valence-electron chi connectivity index (χ0n) is 10.7. The fourth-order valence-electron chi connectivity index (χ4n) is 1.78. The van der Waals surface area contributed by atoms with E-state index in [0.717, 1.165) is 5.52 Å². The number of amides is 1. The molecule has 0 radical (unpaired) electrons. The van der Waals surface area contributed by atoms with Crippen LogP contribution in [0.25, 0.3) is 10.2 Å². The van der Waals surface area contributed by atoms with E-state index in [1.54, 1.807) is 0 Å².